The first-order valence-corrected chi connectivity index (χ1v) is 7.18. The van der Waals surface area contributed by atoms with Gasteiger partial charge in [-0.15, -0.1) is 0 Å². The number of aliphatic hydroxyl groups is 1. The van der Waals surface area contributed by atoms with Gasteiger partial charge in [-0.05, 0) is 61.2 Å². The van der Waals surface area contributed by atoms with Gasteiger partial charge in [0, 0.05) is 11.1 Å². The minimum Gasteiger partial charge on any atom is -0.384 e. The Morgan fingerprint density at radius 3 is 2.57 bits per heavy atom. The van der Waals surface area contributed by atoms with Crippen LogP contribution in [-0.4, -0.2) is 10.1 Å². The fraction of sp³-hybridized carbons (Fsp3) is 0.211. The van der Waals surface area contributed by atoms with Crippen molar-refractivity contribution in [3.8, 4) is 0 Å². The van der Waals surface area contributed by atoms with Crippen molar-refractivity contribution < 1.29 is 5.11 Å². The highest BCUT2D eigenvalue weighted by molar-refractivity contribution is 5.79. The molecule has 2 heteroatoms. The molecule has 1 aromatic heterocycles. The van der Waals surface area contributed by atoms with E-state index < -0.39 is 6.10 Å². The minimum atomic E-state index is -0.601. The maximum atomic E-state index is 10.7. The number of nitrogens with zero attached hydrogens (tertiary/aromatic N) is 1. The van der Waals surface area contributed by atoms with Crippen LogP contribution >= 0.6 is 0 Å². The van der Waals surface area contributed by atoms with E-state index in [4.69, 9.17) is 0 Å². The Morgan fingerprint density at radius 2 is 1.76 bits per heavy atom. The lowest BCUT2D eigenvalue weighted by molar-refractivity contribution is 0.219. The van der Waals surface area contributed by atoms with Crippen LogP contribution in [0.15, 0.2) is 48.5 Å². The second-order valence-corrected chi connectivity index (χ2v) is 5.60. The van der Waals surface area contributed by atoms with Gasteiger partial charge >= 0.3 is 0 Å². The highest BCUT2D eigenvalue weighted by Gasteiger charge is 2.14. The number of fused-ring (bicyclic) bond motifs is 1. The lowest BCUT2D eigenvalue weighted by Crippen LogP contribution is -2.03. The zero-order valence-electron chi connectivity index (χ0n) is 12.6. The number of aryl methyl sites for hydroxylation is 2. The van der Waals surface area contributed by atoms with Gasteiger partial charge in [-0.3, -0.25) is 4.98 Å². The normalized spacial score (nSPS) is 12.6. The number of rotatable bonds is 2. The number of aliphatic hydroxyl groups excluding tert-OH is 1. The van der Waals surface area contributed by atoms with Crippen LogP contribution in [0.4, 0.5) is 0 Å². The molecule has 3 aromatic rings. The highest BCUT2D eigenvalue weighted by atomic mass is 16.3. The van der Waals surface area contributed by atoms with Gasteiger partial charge in [-0.1, -0.05) is 30.3 Å². The summed E-state index contributed by atoms with van der Waals surface area (Å²) in [5.41, 5.74) is 6.19. The van der Waals surface area contributed by atoms with E-state index in [0.29, 0.717) is 0 Å². The summed E-state index contributed by atoms with van der Waals surface area (Å²) in [7, 11) is 0. The maximum absolute atomic E-state index is 10.7. The third-order valence-electron chi connectivity index (χ3n) is 4.11. The molecule has 21 heavy (non-hydrogen) atoms. The summed E-state index contributed by atoms with van der Waals surface area (Å²) >= 11 is 0. The molecule has 3 rings (SSSR count). The Balaban J connectivity index is 2.07. The molecule has 1 heterocycles. The fourth-order valence-corrected chi connectivity index (χ4v) is 2.67. The van der Waals surface area contributed by atoms with Crippen LogP contribution in [0.5, 0.6) is 0 Å². The number of hydrogen-bond acceptors (Lipinski definition) is 2. The molecule has 2 aromatic carbocycles. The first kappa shape index (κ1) is 13.8. The van der Waals surface area contributed by atoms with Crippen LogP contribution in [0, 0.1) is 20.8 Å². The van der Waals surface area contributed by atoms with Gasteiger partial charge in [0.05, 0.1) is 5.52 Å². The molecule has 0 spiro atoms. The summed E-state index contributed by atoms with van der Waals surface area (Å²) in [5, 5.41) is 11.7. The SMILES string of the molecule is Cc1ccc2cc(C(O)c3cccc(C)c3C)ccc2n1. The molecule has 2 nitrogen and oxygen atoms in total. The second kappa shape index (κ2) is 5.30. The lowest BCUT2D eigenvalue weighted by Gasteiger charge is -2.16. The van der Waals surface area contributed by atoms with Crippen LogP contribution in [0.2, 0.25) is 0 Å². The molecule has 0 saturated carbocycles. The van der Waals surface area contributed by atoms with Crippen molar-refractivity contribution >= 4 is 10.9 Å². The number of benzene rings is 2. The Labute approximate surface area is 125 Å². The largest absolute Gasteiger partial charge is 0.384 e. The highest BCUT2D eigenvalue weighted by Crippen LogP contribution is 2.28. The monoisotopic (exact) mass is 277 g/mol. The van der Waals surface area contributed by atoms with E-state index in [0.717, 1.165) is 33.3 Å². The summed E-state index contributed by atoms with van der Waals surface area (Å²) in [6.45, 7) is 6.11. The van der Waals surface area contributed by atoms with Gasteiger partial charge in [0.1, 0.15) is 6.10 Å². The molecule has 0 radical (unpaired) electrons. The number of pyridine rings is 1. The molecule has 106 valence electrons. The third-order valence-corrected chi connectivity index (χ3v) is 4.11. The average molecular weight is 277 g/mol. The molecule has 1 unspecified atom stereocenters. The van der Waals surface area contributed by atoms with E-state index in [1.807, 2.05) is 43.3 Å². The van der Waals surface area contributed by atoms with Gasteiger partial charge in [0.2, 0.25) is 0 Å². The third kappa shape index (κ3) is 2.55. The van der Waals surface area contributed by atoms with Crippen molar-refractivity contribution in [2.75, 3.05) is 0 Å². The van der Waals surface area contributed by atoms with Crippen molar-refractivity contribution in [1.29, 1.82) is 0 Å². The second-order valence-electron chi connectivity index (χ2n) is 5.60. The molecule has 0 saturated heterocycles. The van der Waals surface area contributed by atoms with Gasteiger partial charge in [0.15, 0.2) is 0 Å². The van der Waals surface area contributed by atoms with Crippen LogP contribution in [0.1, 0.15) is 34.1 Å². The van der Waals surface area contributed by atoms with Crippen LogP contribution in [0.25, 0.3) is 10.9 Å². The molecule has 0 aliphatic rings. The van der Waals surface area contributed by atoms with Crippen molar-refractivity contribution in [1.82, 2.24) is 4.98 Å². The van der Waals surface area contributed by atoms with Crippen molar-refractivity contribution in [2.24, 2.45) is 0 Å². The van der Waals surface area contributed by atoms with E-state index in [1.165, 1.54) is 5.56 Å². The average Bonchev–Trinajstić information content (AvgIpc) is 2.49. The molecule has 0 aliphatic heterocycles. The van der Waals surface area contributed by atoms with Gasteiger partial charge in [-0.2, -0.15) is 0 Å². The zero-order valence-corrected chi connectivity index (χ0v) is 12.6. The lowest BCUT2D eigenvalue weighted by atomic mass is 9.94. The topological polar surface area (TPSA) is 33.1 Å². The Kier molecular flexibility index (Phi) is 3.48. The van der Waals surface area contributed by atoms with Crippen LogP contribution < -0.4 is 0 Å². The summed E-state index contributed by atoms with van der Waals surface area (Å²) in [6, 6.07) is 16.1. The summed E-state index contributed by atoms with van der Waals surface area (Å²) in [6.07, 6.45) is -0.601. The number of hydrogen-bond donors (Lipinski definition) is 1. The Hall–Kier alpha value is -2.19. The first-order valence-electron chi connectivity index (χ1n) is 7.18. The van der Waals surface area contributed by atoms with E-state index >= 15 is 0 Å². The van der Waals surface area contributed by atoms with Gasteiger partial charge < -0.3 is 5.11 Å². The quantitative estimate of drug-likeness (QED) is 0.760. The summed E-state index contributed by atoms with van der Waals surface area (Å²) in [5.74, 6) is 0. The standard InChI is InChI=1S/C19H19NO/c1-12-5-4-6-17(14(12)3)19(21)16-9-10-18-15(11-16)8-7-13(2)20-18/h4-11,19,21H,1-3H3. The maximum Gasteiger partial charge on any atom is 0.104 e. The Bertz CT molecular complexity index is 808. The fourth-order valence-electron chi connectivity index (χ4n) is 2.67. The van der Waals surface area contributed by atoms with E-state index in [1.54, 1.807) is 0 Å². The van der Waals surface area contributed by atoms with Crippen molar-refractivity contribution in [3.63, 3.8) is 0 Å². The molecule has 0 fully saturated rings. The molecular weight excluding hydrogens is 258 g/mol. The molecular formula is C19H19NO. The smallest absolute Gasteiger partial charge is 0.104 e. The molecule has 0 aliphatic carbocycles. The van der Waals surface area contributed by atoms with E-state index in [9.17, 15) is 5.11 Å². The predicted molar refractivity (Wildman–Crippen MR) is 86.5 cm³/mol. The van der Waals surface area contributed by atoms with Crippen LogP contribution in [0.3, 0.4) is 0 Å². The summed E-state index contributed by atoms with van der Waals surface area (Å²) in [4.78, 5) is 4.50. The van der Waals surface area contributed by atoms with Crippen molar-refractivity contribution in [3.05, 3.63) is 76.5 Å². The van der Waals surface area contributed by atoms with Gasteiger partial charge in [0.25, 0.3) is 0 Å². The molecule has 1 atom stereocenters. The molecule has 1 N–H and O–H groups in total. The van der Waals surface area contributed by atoms with E-state index in [-0.39, 0.29) is 0 Å². The van der Waals surface area contributed by atoms with Crippen molar-refractivity contribution in [2.45, 2.75) is 26.9 Å². The minimum absolute atomic E-state index is 0.601. The summed E-state index contributed by atoms with van der Waals surface area (Å²) < 4.78 is 0. The first-order chi connectivity index (χ1) is 10.1. The Morgan fingerprint density at radius 1 is 0.952 bits per heavy atom. The van der Waals surface area contributed by atoms with Gasteiger partial charge in [-0.25, -0.2) is 0 Å². The molecule has 0 bridgehead atoms. The molecule has 0 amide bonds. The number of aromatic nitrogens is 1. The predicted octanol–water partition coefficient (Wildman–Crippen LogP) is 4.24. The zero-order chi connectivity index (χ0) is 15.0. The van der Waals surface area contributed by atoms with Crippen LogP contribution in [-0.2, 0) is 0 Å². The van der Waals surface area contributed by atoms with E-state index in [2.05, 4.69) is 31.0 Å².